The lowest BCUT2D eigenvalue weighted by Gasteiger charge is -2.74. The molecule has 1 heterocycles. The van der Waals surface area contributed by atoms with Gasteiger partial charge in [-0.15, -0.1) is 0 Å². The van der Waals surface area contributed by atoms with Gasteiger partial charge in [0.25, 0.3) is 0 Å². The highest BCUT2D eigenvalue weighted by Gasteiger charge is 2.76. The second kappa shape index (κ2) is 7.63. The normalized spacial score (nSPS) is 53.5. The Bertz CT molecular complexity index is 995. The predicted molar refractivity (Wildman–Crippen MR) is 144 cm³/mol. The van der Waals surface area contributed by atoms with E-state index in [1.54, 1.807) is 0 Å². The second-order valence-electron chi connectivity index (χ2n) is 16.1. The van der Waals surface area contributed by atoms with E-state index in [0.29, 0.717) is 19.1 Å². The van der Waals surface area contributed by atoms with E-state index in [0.717, 1.165) is 57.8 Å². The third-order valence-corrected chi connectivity index (χ3v) is 14.1. The van der Waals surface area contributed by atoms with Crippen LogP contribution >= 0.6 is 0 Å². The lowest BCUT2D eigenvalue weighted by Crippen LogP contribution is -2.75. The molecule has 1 saturated heterocycles. The van der Waals surface area contributed by atoms with Crippen LogP contribution in [0.5, 0.6) is 0 Å². The van der Waals surface area contributed by atoms with Crippen LogP contribution in [0.3, 0.4) is 0 Å². The Morgan fingerprint density at radius 1 is 0.838 bits per heavy atom. The van der Waals surface area contributed by atoms with Gasteiger partial charge in [0.15, 0.2) is 5.79 Å². The number of fused-ring (bicyclic) bond motifs is 7. The smallest absolute Gasteiger partial charge is 0.173 e. The first-order valence-corrected chi connectivity index (χ1v) is 15.1. The minimum atomic E-state index is -1.25. The zero-order valence-electron chi connectivity index (χ0n) is 24.5. The summed E-state index contributed by atoms with van der Waals surface area (Å²) < 4.78 is 12.7. The van der Waals surface area contributed by atoms with Gasteiger partial charge in [-0.25, -0.2) is 0 Å². The zero-order chi connectivity index (χ0) is 26.9. The average Bonchev–Trinajstić information content (AvgIpc) is 3.32. The van der Waals surface area contributed by atoms with Crippen molar-refractivity contribution in [3.63, 3.8) is 0 Å². The highest BCUT2D eigenvalue weighted by molar-refractivity contribution is 5.41. The van der Waals surface area contributed by atoms with E-state index in [-0.39, 0.29) is 39.6 Å². The third kappa shape index (κ3) is 2.94. The molecule has 210 valence electrons. The maximum Gasteiger partial charge on any atom is 0.173 e. The molecule has 1 aliphatic heterocycles. The molecule has 0 aromatic rings. The molecule has 5 fully saturated rings. The van der Waals surface area contributed by atoms with E-state index in [9.17, 15) is 15.3 Å². The van der Waals surface area contributed by atoms with Crippen LogP contribution in [0.15, 0.2) is 11.6 Å². The molecule has 1 unspecified atom stereocenters. The summed E-state index contributed by atoms with van der Waals surface area (Å²) in [5.74, 6) is -0.251. The Kier molecular flexibility index (Phi) is 5.52. The predicted octanol–water partition coefficient (Wildman–Crippen LogP) is 5.61. The molecule has 8 atom stereocenters. The molecule has 5 aliphatic carbocycles. The Morgan fingerprint density at radius 2 is 1.49 bits per heavy atom. The summed E-state index contributed by atoms with van der Waals surface area (Å²) >= 11 is 0. The summed E-state index contributed by atoms with van der Waals surface area (Å²) in [6.45, 7) is 17.8. The van der Waals surface area contributed by atoms with Gasteiger partial charge in [0.05, 0.1) is 13.2 Å². The standard InChI is InChI=1S/C32H52O5/c1-25(2)10-13-30(20-33)14-12-29(7)28(6)9-8-21-26(3,4)31(36-16-17-37-31)15-11-27(21,5)22(28)18-24(34)32(29,35)23(30)19-25/h18,21,23-24,33-35H,8-17,19-20H2,1-7H3/t21-,23?,24+,27-,28+,29-,30+,32+/m0/s1. The molecule has 0 amide bonds. The first-order valence-electron chi connectivity index (χ1n) is 15.1. The monoisotopic (exact) mass is 516 g/mol. The van der Waals surface area contributed by atoms with Gasteiger partial charge >= 0.3 is 0 Å². The van der Waals surface area contributed by atoms with Gasteiger partial charge < -0.3 is 24.8 Å². The second-order valence-corrected chi connectivity index (χ2v) is 16.1. The molecule has 37 heavy (non-hydrogen) atoms. The third-order valence-electron chi connectivity index (χ3n) is 14.1. The number of rotatable bonds is 1. The maximum atomic E-state index is 13.0. The molecule has 3 N–H and O–H groups in total. The van der Waals surface area contributed by atoms with Crippen molar-refractivity contribution in [3.05, 3.63) is 11.6 Å². The van der Waals surface area contributed by atoms with E-state index in [4.69, 9.17) is 9.47 Å². The summed E-state index contributed by atoms with van der Waals surface area (Å²) in [4.78, 5) is 0. The van der Waals surface area contributed by atoms with Gasteiger partial charge in [-0.1, -0.05) is 60.1 Å². The van der Waals surface area contributed by atoms with Crippen LogP contribution in [-0.4, -0.2) is 52.6 Å². The van der Waals surface area contributed by atoms with Crippen molar-refractivity contribution < 1.29 is 24.8 Å². The van der Waals surface area contributed by atoms with Gasteiger partial charge in [0.1, 0.15) is 11.7 Å². The molecule has 0 aromatic heterocycles. The fourth-order valence-electron chi connectivity index (χ4n) is 11.5. The highest BCUT2D eigenvalue weighted by atomic mass is 16.7. The Balaban J connectivity index is 1.48. The summed E-state index contributed by atoms with van der Waals surface area (Å²) in [7, 11) is 0. The molecule has 4 saturated carbocycles. The first kappa shape index (κ1) is 26.7. The lowest BCUT2D eigenvalue weighted by molar-refractivity contribution is -0.309. The van der Waals surface area contributed by atoms with E-state index >= 15 is 0 Å². The van der Waals surface area contributed by atoms with Crippen LogP contribution in [0.25, 0.3) is 0 Å². The number of allylic oxidation sites excluding steroid dienone is 1. The number of aliphatic hydroxyl groups excluding tert-OH is 2. The van der Waals surface area contributed by atoms with E-state index in [2.05, 4.69) is 54.5 Å². The number of aliphatic hydroxyl groups is 3. The maximum absolute atomic E-state index is 13.0. The number of hydrogen-bond donors (Lipinski definition) is 3. The van der Waals surface area contributed by atoms with Crippen molar-refractivity contribution in [2.75, 3.05) is 19.8 Å². The number of hydrogen-bond acceptors (Lipinski definition) is 5. The largest absolute Gasteiger partial charge is 0.396 e. The van der Waals surface area contributed by atoms with Crippen LogP contribution < -0.4 is 0 Å². The van der Waals surface area contributed by atoms with Crippen LogP contribution in [0.4, 0.5) is 0 Å². The summed E-state index contributed by atoms with van der Waals surface area (Å²) in [5.41, 5.74) is -1.01. The Morgan fingerprint density at radius 3 is 2.14 bits per heavy atom. The molecule has 0 radical (unpaired) electrons. The van der Waals surface area contributed by atoms with Crippen LogP contribution in [-0.2, 0) is 9.47 Å². The Hall–Kier alpha value is -0.460. The quantitative estimate of drug-likeness (QED) is 0.395. The van der Waals surface area contributed by atoms with Gasteiger partial charge in [0.2, 0.25) is 0 Å². The Labute approximate surface area is 224 Å². The van der Waals surface area contributed by atoms with Gasteiger partial charge in [-0.05, 0) is 84.9 Å². The fraction of sp³-hybridized carbons (Fsp3) is 0.938. The van der Waals surface area contributed by atoms with E-state index in [1.807, 2.05) is 0 Å². The minimum Gasteiger partial charge on any atom is -0.396 e. The molecule has 1 spiro atoms. The zero-order valence-corrected chi connectivity index (χ0v) is 24.5. The van der Waals surface area contributed by atoms with Crippen molar-refractivity contribution in [1.29, 1.82) is 0 Å². The van der Waals surface area contributed by atoms with Crippen molar-refractivity contribution in [3.8, 4) is 0 Å². The molecule has 5 heteroatoms. The topological polar surface area (TPSA) is 79.2 Å². The highest BCUT2D eigenvalue weighted by Crippen LogP contribution is 2.77. The van der Waals surface area contributed by atoms with E-state index < -0.39 is 22.9 Å². The lowest BCUT2D eigenvalue weighted by atomic mass is 9.32. The summed E-state index contributed by atoms with van der Waals surface area (Å²) in [6.07, 6.45) is 9.67. The molecule has 5 nitrogen and oxygen atoms in total. The van der Waals surface area contributed by atoms with Crippen molar-refractivity contribution >= 4 is 0 Å². The molecule has 6 aliphatic rings. The first-order chi connectivity index (χ1) is 17.1. The molecular formula is C32H52O5. The van der Waals surface area contributed by atoms with Gasteiger partial charge in [-0.3, -0.25) is 0 Å². The molecule has 0 bridgehead atoms. The van der Waals surface area contributed by atoms with Crippen LogP contribution in [0, 0.1) is 44.3 Å². The van der Waals surface area contributed by atoms with Crippen molar-refractivity contribution in [2.45, 2.75) is 124 Å². The van der Waals surface area contributed by atoms with Crippen LogP contribution in [0.2, 0.25) is 0 Å². The summed E-state index contributed by atoms with van der Waals surface area (Å²) in [6, 6.07) is 0. The van der Waals surface area contributed by atoms with Crippen LogP contribution in [0.1, 0.15) is 106 Å². The SMILES string of the molecule is CC1(C)CC[C@]2(CO)CC[C@]3(C)[C@@](O)(C2C1)[C@H](O)C=C1[C@@]2(C)CCC4(OCCO4)C(C)(C)[C@@H]2CC[C@]13C. The number of ether oxygens (including phenoxy) is 2. The summed E-state index contributed by atoms with van der Waals surface area (Å²) in [5, 5.41) is 35.8. The molecular weight excluding hydrogens is 464 g/mol. The van der Waals surface area contributed by atoms with Crippen molar-refractivity contribution in [1.82, 2.24) is 0 Å². The van der Waals surface area contributed by atoms with Gasteiger partial charge in [0, 0.05) is 23.9 Å². The van der Waals surface area contributed by atoms with E-state index in [1.165, 1.54) is 5.57 Å². The molecule has 6 rings (SSSR count). The minimum absolute atomic E-state index is 0.0836. The fourth-order valence-corrected chi connectivity index (χ4v) is 11.5. The average molecular weight is 517 g/mol. The molecule has 0 aromatic carbocycles. The van der Waals surface area contributed by atoms with Gasteiger partial charge in [-0.2, -0.15) is 0 Å². The van der Waals surface area contributed by atoms with Crippen molar-refractivity contribution in [2.24, 2.45) is 44.3 Å².